The highest BCUT2D eigenvalue weighted by atomic mass is 79.9. The second-order valence-corrected chi connectivity index (χ2v) is 4.86. The molecule has 0 saturated carbocycles. The Morgan fingerprint density at radius 2 is 2.05 bits per heavy atom. The number of alkyl halides is 3. The van der Waals surface area contributed by atoms with E-state index in [2.05, 4.69) is 21.2 Å². The van der Waals surface area contributed by atoms with Gasteiger partial charge in [-0.15, -0.1) is 0 Å². The predicted octanol–water partition coefficient (Wildman–Crippen LogP) is 3.99. The molecule has 1 N–H and O–H groups in total. The Bertz CT molecular complexity index is 609. The third kappa shape index (κ3) is 3.41. The minimum atomic E-state index is -4.51. The molecule has 0 radical (unpaired) electrons. The van der Waals surface area contributed by atoms with Crippen LogP contribution in [0.25, 0.3) is 0 Å². The molecule has 0 bridgehead atoms. The highest BCUT2D eigenvalue weighted by Gasteiger charge is 2.33. The molecule has 0 aliphatic carbocycles. The van der Waals surface area contributed by atoms with Gasteiger partial charge in [-0.25, -0.2) is 0 Å². The first-order valence-corrected chi connectivity index (χ1v) is 6.33. The van der Waals surface area contributed by atoms with Crippen molar-refractivity contribution in [3.8, 4) is 0 Å². The number of amides is 1. The van der Waals surface area contributed by atoms with Crippen LogP contribution in [0, 0.1) is 0 Å². The van der Waals surface area contributed by atoms with Gasteiger partial charge >= 0.3 is 6.18 Å². The molecule has 1 amide bonds. The summed E-state index contributed by atoms with van der Waals surface area (Å²) >= 11 is 2.82. The molecule has 2 rings (SSSR count). The third-order valence-electron chi connectivity index (χ3n) is 2.57. The molecule has 0 fully saturated rings. The zero-order valence-corrected chi connectivity index (χ0v) is 11.6. The molecular formula is C13H9BrF3NO2. The number of carbonyl (C=O) groups excluding carboxylic acids is 1. The van der Waals surface area contributed by atoms with E-state index in [0.717, 1.165) is 11.6 Å². The molecule has 20 heavy (non-hydrogen) atoms. The lowest BCUT2D eigenvalue weighted by molar-refractivity contribution is -0.138. The lowest BCUT2D eigenvalue weighted by Gasteiger charge is -2.11. The number of benzene rings is 1. The van der Waals surface area contributed by atoms with E-state index < -0.39 is 17.6 Å². The summed E-state index contributed by atoms with van der Waals surface area (Å²) in [6.07, 6.45) is -1.62. The number of rotatable bonds is 3. The Kier molecular flexibility index (Phi) is 4.17. The molecular weight excluding hydrogens is 339 g/mol. The van der Waals surface area contributed by atoms with Crippen molar-refractivity contribution in [2.45, 2.75) is 12.7 Å². The zero-order chi connectivity index (χ0) is 14.8. The average molecular weight is 348 g/mol. The van der Waals surface area contributed by atoms with Crippen molar-refractivity contribution in [2.75, 3.05) is 0 Å². The number of furan rings is 1. The van der Waals surface area contributed by atoms with Gasteiger partial charge in [0.1, 0.15) is 0 Å². The first-order chi connectivity index (χ1) is 9.38. The van der Waals surface area contributed by atoms with E-state index in [4.69, 9.17) is 4.42 Å². The summed E-state index contributed by atoms with van der Waals surface area (Å²) in [4.78, 5) is 11.8. The molecule has 0 atom stereocenters. The van der Waals surface area contributed by atoms with Crippen LogP contribution in [0.4, 0.5) is 13.2 Å². The van der Waals surface area contributed by atoms with Gasteiger partial charge in [0, 0.05) is 22.1 Å². The van der Waals surface area contributed by atoms with Gasteiger partial charge in [-0.1, -0.05) is 15.9 Å². The van der Waals surface area contributed by atoms with Gasteiger partial charge in [0.05, 0.1) is 18.1 Å². The van der Waals surface area contributed by atoms with E-state index in [1.807, 2.05) is 0 Å². The summed E-state index contributed by atoms with van der Waals surface area (Å²) in [5.74, 6) is -0.579. The van der Waals surface area contributed by atoms with Crippen LogP contribution in [0.3, 0.4) is 0 Å². The molecule has 3 nitrogen and oxygen atoms in total. The second-order valence-electron chi connectivity index (χ2n) is 4.01. The third-order valence-corrected chi connectivity index (χ3v) is 3.26. The van der Waals surface area contributed by atoms with Gasteiger partial charge < -0.3 is 9.73 Å². The van der Waals surface area contributed by atoms with Crippen LogP contribution in [0.5, 0.6) is 0 Å². The lowest BCUT2D eigenvalue weighted by atomic mass is 10.1. The molecule has 2 aromatic rings. The number of nitrogens with one attached hydrogen (secondary N) is 1. The second kappa shape index (κ2) is 5.70. The predicted molar refractivity (Wildman–Crippen MR) is 69.0 cm³/mol. The Hall–Kier alpha value is -1.76. The van der Waals surface area contributed by atoms with Crippen LogP contribution in [0.15, 0.2) is 45.7 Å². The summed E-state index contributed by atoms with van der Waals surface area (Å²) in [7, 11) is 0. The van der Waals surface area contributed by atoms with Gasteiger partial charge in [-0.05, 0) is 24.3 Å². The van der Waals surface area contributed by atoms with Crippen LogP contribution in [-0.4, -0.2) is 5.91 Å². The highest BCUT2D eigenvalue weighted by molar-refractivity contribution is 9.10. The molecule has 1 aromatic heterocycles. The highest BCUT2D eigenvalue weighted by Crippen LogP contribution is 2.35. The number of carbonyl (C=O) groups is 1. The fourth-order valence-electron chi connectivity index (χ4n) is 1.56. The van der Waals surface area contributed by atoms with Crippen molar-refractivity contribution in [1.82, 2.24) is 5.32 Å². The molecule has 106 valence electrons. The molecule has 0 spiro atoms. The van der Waals surface area contributed by atoms with Crippen molar-refractivity contribution < 1.29 is 22.4 Å². The van der Waals surface area contributed by atoms with E-state index in [0.29, 0.717) is 0 Å². The van der Waals surface area contributed by atoms with E-state index in [9.17, 15) is 18.0 Å². The Morgan fingerprint density at radius 1 is 1.30 bits per heavy atom. The first-order valence-electron chi connectivity index (χ1n) is 5.54. The van der Waals surface area contributed by atoms with Gasteiger partial charge in [0.15, 0.2) is 0 Å². The van der Waals surface area contributed by atoms with Gasteiger partial charge in [0.2, 0.25) is 0 Å². The average Bonchev–Trinajstić information content (AvgIpc) is 2.88. The maximum absolute atomic E-state index is 12.7. The van der Waals surface area contributed by atoms with Gasteiger partial charge in [-0.3, -0.25) is 4.79 Å². The maximum Gasteiger partial charge on any atom is 0.417 e. The first kappa shape index (κ1) is 14.6. The van der Waals surface area contributed by atoms with Crippen molar-refractivity contribution in [2.24, 2.45) is 0 Å². The van der Waals surface area contributed by atoms with Crippen molar-refractivity contribution in [1.29, 1.82) is 0 Å². The fraction of sp³-hybridized carbons (Fsp3) is 0.154. The number of halogens is 4. The number of hydrogen-bond acceptors (Lipinski definition) is 2. The molecule has 7 heteroatoms. The summed E-state index contributed by atoms with van der Waals surface area (Å²) in [6, 6.07) is 5.00. The van der Waals surface area contributed by atoms with Crippen LogP contribution in [0.1, 0.15) is 21.5 Å². The summed E-state index contributed by atoms with van der Waals surface area (Å²) in [5, 5.41) is 2.52. The monoisotopic (exact) mass is 347 g/mol. The van der Waals surface area contributed by atoms with E-state index in [1.54, 1.807) is 6.07 Å². The standard InChI is InChI=1S/C13H9BrF3NO2/c14-11-2-1-9(5-10(11)13(15,16)17)12(19)18-6-8-3-4-20-7-8/h1-5,7H,6H2,(H,18,19). The van der Waals surface area contributed by atoms with Crippen molar-refractivity contribution >= 4 is 21.8 Å². The zero-order valence-electron chi connectivity index (χ0n) is 10.00. The molecule has 0 unspecified atom stereocenters. The van der Waals surface area contributed by atoms with Crippen molar-refractivity contribution in [3.63, 3.8) is 0 Å². The minimum absolute atomic E-state index is 0.0518. The van der Waals surface area contributed by atoms with E-state index >= 15 is 0 Å². The summed E-state index contributed by atoms with van der Waals surface area (Å²) in [5.41, 5.74) is -0.205. The van der Waals surface area contributed by atoms with E-state index in [-0.39, 0.29) is 16.6 Å². The molecule has 0 aliphatic heterocycles. The normalized spacial score (nSPS) is 11.4. The van der Waals surface area contributed by atoms with Gasteiger partial charge in [-0.2, -0.15) is 13.2 Å². The van der Waals surface area contributed by atoms with Crippen LogP contribution >= 0.6 is 15.9 Å². The van der Waals surface area contributed by atoms with Gasteiger partial charge in [0.25, 0.3) is 5.91 Å². The quantitative estimate of drug-likeness (QED) is 0.911. The number of hydrogen-bond donors (Lipinski definition) is 1. The summed E-state index contributed by atoms with van der Waals surface area (Å²) < 4.78 is 42.9. The lowest BCUT2D eigenvalue weighted by Crippen LogP contribution is -2.23. The molecule has 1 heterocycles. The smallest absolute Gasteiger partial charge is 0.417 e. The summed E-state index contributed by atoms with van der Waals surface area (Å²) in [6.45, 7) is 0.187. The van der Waals surface area contributed by atoms with Crippen LogP contribution in [0.2, 0.25) is 0 Å². The molecule has 0 aliphatic rings. The van der Waals surface area contributed by atoms with Crippen molar-refractivity contribution in [3.05, 3.63) is 58.0 Å². The SMILES string of the molecule is O=C(NCc1ccoc1)c1ccc(Br)c(C(F)(F)F)c1. The van der Waals surface area contributed by atoms with E-state index in [1.165, 1.54) is 24.7 Å². The van der Waals surface area contributed by atoms with Crippen LogP contribution in [-0.2, 0) is 12.7 Å². The Labute approximate surface area is 120 Å². The molecule has 1 aromatic carbocycles. The van der Waals surface area contributed by atoms with Crippen LogP contribution < -0.4 is 5.32 Å². The Balaban J connectivity index is 2.14. The largest absolute Gasteiger partial charge is 0.472 e. The Morgan fingerprint density at radius 3 is 2.65 bits per heavy atom. The maximum atomic E-state index is 12.7. The topological polar surface area (TPSA) is 42.2 Å². The molecule has 0 saturated heterocycles. The minimum Gasteiger partial charge on any atom is -0.472 e. The fourth-order valence-corrected chi connectivity index (χ4v) is 2.03.